The first-order valence-corrected chi connectivity index (χ1v) is 7.62. The fourth-order valence-corrected chi connectivity index (χ4v) is 2.69. The fourth-order valence-electron chi connectivity index (χ4n) is 2.69. The van der Waals surface area contributed by atoms with Gasteiger partial charge in [-0.3, -0.25) is 0 Å². The summed E-state index contributed by atoms with van der Waals surface area (Å²) in [5.41, 5.74) is 2.06. The van der Waals surface area contributed by atoms with Crippen LogP contribution in [0, 0.1) is 11.7 Å². The first-order chi connectivity index (χ1) is 10.1. The van der Waals surface area contributed by atoms with E-state index in [4.69, 9.17) is 0 Å². The fraction of sp³-hybridized carbons (Fsp3) is 0.368. The SMILES string of the molecule is CC(Cc1ccccc1F)NC(c1ccccc1)C(C)C. The second-order valence-electron chi connectivity index (χ2n) is 6.00. The van der Waals surface area contributed by atoms with Crippen molar-refractivity contribution in [3.63, 3.8) is 0 Å². The Labute approximate surface area is 127 Å². The molecule has 0 aromatic heterocycles. The normalized spacial score (nSPS) is 14.1. The summed E-state index contributed by atoms with van der Waals surface area (Å²) >= 11 is 0. The van der Waals surface area contributed by atoms with Crippen LogP contribution in [0.15, 0.2) is 54.6 Å². The summed E-state index contributed by atoms with van der Waals surface area (Å²) in [5.74, 6) is 0.363. The van der Waals surface area contributed by atoms with E-state index in [-0.39, 0.29) is 17.9 Å². The lowest BCUT2D eigenvalue weighted by atomic mass is 9.94. The Morgan fingerprint density at radius 1 is 0.905 bits per heavy atom. The molecule has 0 heterocycles. The monoisotopic (exact) mass is 285 g/mol. The van der Waals surface area contributed by atoms with E-state index in [1.54, 1.807) is 6.07 Å². The van der Waals surface area contributed by atoms with Gasteiger partial charge < -0.3 is 5.32 Å². The number of hydrogen-bond acceptors (Lipinski definition) is 1. The first kappa shape index (κ1) is 15.7. The average molecular weight is 285 g/mol. The third-order valence-corrected chi connectivity index (χ3v) is 3.77. The lowest BCUT2D eigenvalue weighted by molar-refractivity contribution is 0.366. The second kappa shape index (κ2) is 7.37. The van der Waals surface area contributed by atoms with Crippen LogP contribution in [0.4, 0.5) is 4.39 Å². The highest BCUT2D eigenvalue weighted by Gasteiger charge is 2.18. The summed E-state index contributed by atoms with van der Waals surface area (Å²) in [4.78, 5) is 0. The minimum absolute atomic E-state index is 0.119. The molecule has 2 unspecified atom stereocenters. The van der Waals surface area contributed by atoms with Crippen molar-refractivity contribution >= 4 is 0 Å². The molecule has 21 heavy (non-hydrogen) atoms. The van der Waals surface area contributed by atoms with E-state index < -0.39 is 0 Å². The third-order valence-electron chi connectivity index (χ3n) is 3.77. The smallest absolute Gasteiger partial charge is 0.126 e. The minimum atomic E-state index is -0.119. The van der Waals surface area contributed by atoms with Gasteiger partial charge in [-0.05, 0) is 36.5 Å². The number of halogens is 1. The second-order valence-corrected chi connectivity index (χ2v) is 6.00. The zero-order chi connectivity index (χ0) is 15.2. The molecule has 2 aromatic carbocycles. The van der Waals surface area contributed by atoms with E-state index in [1.807, 2.05) is 18.2 Å². The van der Waals surface area contributed by atoms with Gasteiger partial charge in [0.2, 0.25) is 0 Å². The molecule has 0 aliphatic carbocycles. The highest BCUT2D eigenvalue weighted by atomic mass is 19.1. The predicted octanol–water partition coefficient (Wildman–Crippen LogP) is 4.74. The van der Waals surface area contributed by atoms with E-state index in [9.17, 15) is 4.39 Å². The largest absolute Gasteiger partial charge is 0.307 e. The predicted molar refractivity (Wildman–Crippen MR) is 86.7 cm³/mol. The van der Waals surface area contributed by atoms with Gasteiger partial charge in [-0.25, -0.2) is 4.39 Å². The maximum absolute atomic E-state index is 13.7. The number of rotatable bonds is 6. The molecule has 0 fully saturated rings. The van der Waals surface area contributed by atoms with Gasteiger partial charge in [-0.15, -0.1) is 0 Å². The molecule has 0 spiro atoms. The maximum Gasteiger partial charge on any atom is 0.126 e. The molecule has 2 atom stereocenters. The van der Waals surface area contributed by atoms with E-state index in [0.29, 0.717) is 12.3 Å². The van der Waals surface area contributed by atoms with Crippen molar-refractivity contribution in [3.05, 3.63) is 71.5 Å². The molecule has 2 heteroatoms. The Morgan fingerprint density at radius 2 is 1.52 bits per heavy atom. The van der Waals surface area contributed by atoms with E-state index >= 15 is 0 Å². The Bertz CT molecular complexity index is 551. The third kappa shape index (κ3) is 4.40. The number of benzene rings is 2. The van der Waals surface area contributed by atoms with Crippen LogP contribution >= 0.6 is 0 Å². The Balaban J connectivity index is 2.06. The van der Waals surface area contributed by atoms with Gasteiger partial charge in [0.1, 0.15) is 5.82 Å². The van der Waals surface area contributed by atoms with Crippen molar-refractivity contribution in [3.8, 4) is 0 Å². The molecule has 1 nitrogen and oxygen atoms in total. The zero-order valence-electron chi connectivity index (χ0n) is 13.0. The average Bonchev–Trinajstić information content (AvgIpc) is 2.48. The van der Waals surface area contributed by atoms with Gasteiger partial charge in [0.25, 0.3) is 0 Å². The summed E-state index contributed by atoms with van der Waals surface area (Å²) in [7, 11) is 0. The minimum Gasteiger partial charge on any atom is -0.307 e. The molecule has 0 amide bonds. The van der Waals surface area contributed by atoms with Crippen molar-refractivity contribution in [2.45, 2.75) is 39.3 Å². The highest BCUT2D eigenvalue weighted by Crippen LogP contribution is 2.22. The first-order valence-electron chi connectivity index (χ1n) is 7.62. The van der Waals surface area contributed by atoms with Crippen molar-refractivity contribution in [2.24, 2.45) is 5.92 Å². The molecule has 2 rings (SSSR count). The van der Waals surface area contributed by atoms with Crippen LogP contribution < -0.4 is 5.32 Å². The zero-order valence-corrected chi connectivity index (χ0v) is 13.0. The molecule has 0 bridgehead atoms. The molecule has 2 aromatic rings. The Hall–Kier alpha value is -1.67. The van der Waals surface area contributed by atoms with E-state index in [1.165, 1.54) is 11.6 Å². The topological polar surface area (TPSA) is 12.0 Å². The van der Waals surface area contributed by atoms with Crippen LogP contribution in [0.3, 0.4) is 0 Å². The Kier molecular flexibility index (Phi) is 5.51. The summed E-state index contributed by atoms with van der Waals surface area (Å²) in [6, 6.07) is 18.0. The summed E-state index contributed by atoms with van der Waals surface area (Å²) in [6.45, 7) is 6.53. The summed E-state index contributed by atoms with van der Waals surface area (Å²) < 4.78 is 13.7. The molecule has 0 aliphatic rings. The molecule has 0 saturated carbocycles. The quantitative estimate of drug-likeness (QED) is 0.808. The highest BCUT2D eigenvalue weighted by molar-refractivity contribution is 5.21. The molecule has 0 saturated heterocycles. The van der Waals surface area contributed by atoms with Crippen molar-refractivity contribution in [1.82, 2.24) is 5.32 Å². The Morgan fingerprint density at radius 3 is 2.14 bits per heavy atom. The summed E-state index contributed by atoms with van der Waals surface area (Å²) in [6.07, 6.45) is 0.697. The lowest BCUT2D eigenvalue weighted by Crippen LogP contribution is -2.35. The van der Waals surface area contributed by atoms with Crippen LogP contribution in [0.2, 0.25) is 0 Å². The van der Waals surface area contributed by atoms with Crippen LogP contribution in [0.25, 0.3) is 0 Å². The van der Waals surface area contributed by atoms with Gasteiger partial charge in [-0.1, -0.05) is 62.4 Å². The molecule has 1 N–H and O–H groups in total. The lowest BCUT2D eigenvalue weighted by Gasteiger charge is -2.27. The van der Waals surface area contributed by atoms with Gasteiger partial charge in [0.05, 0.1) is 0 Å². The molecular weight excluding hydrogens is 261 g/mol. The van der Waals surface area contributed by atoms with Crippen LogP contribution in [0.1, 0.15) is 37.9 Å². The standard InChI is InChI=1S/C19H24FN/c1-14(2)19(16-9-5-4-6-10-16)21-15(3)13-17-11-7-8-12-18(17)20/h4-12,14-15,19,21H,13H2,1-3H3. The number of hydrogen-bond donors (Lipinski definition) is 1. The van der Waals surface area contributed by atoms with Gasteiger partial charge in [0, 0.05) is 12.1 Å². The summed E-state index contributed by atoms with van der Waals surface area (Å²) in [5, 5.41) is 3.64. The maximum atomic E-state index is 13.7. The van der Waals surface area contributed by atoms with E-state index in [2.05, 4.69) is 50.4 Å². The van der Waals surface area contributed by atoms with Crippen LogP contribution in [0.5, 0.6) is 0 Å². The molecule has 112 valence electrons. The van der Waals surface area contributed by atoms with Gasteiger partial charge in [-0.2, -0.15) is 0 Å². The van der Waals surface area contributed by atoms with Crippen molar-refractivity contribution < 1.29 is 4.39 Å². The van der Waals surface area contributed by atoms with Crippen LogP contribution in [-0.4, -0.2) is 6.04 Å². The van der Waals surface area contributed by atoms with Crippen LogP contribution in [-0.2, 0) is 6.42 Å². The number of nitrogens with one attached hydrogen (secondary N) is 1. The van der Waals surface area contributed by atoms with Gasteiger partial charge in [0.15, 0.2) is 0 Å². The molecule has 0 radical (unpaired) electrons. The molecule has 0 aliphatic heterocycles. The van der Waals surface area contributed by atoms with Gasteiger partial charge >= 0.3 is 0 Å². The van der Waals surface area contributed by atoms with Crippen molar-refractivity contribution in [2.75, 3.05) is 0 Å². The molecular formula is C19H24FN. The van der Waals surface area contributed by atoms with Crippen molar-refractivity contribution in [1.29, 1.82) is 0 Å². The van der Waals surface area contributed by atoms with E-state index in [0.717, 1.165) is 5.56 Å².